The number of amides is 2. The smallest absolute Gasteiger partial charge is 0.407 e. The number of aliphatic carboxylic acids is 1. The number of ether oxygens (including phenoxy) is 1. The van der Waals surface area contributed by atoms with E-state index in [0.717, 1.165) is 6.42 Å². The van der Waals surface area contributed by atoms with Crippen LogP contribution in [0, 0.1) is 0 Å². The molecule has 3 rings (SSSR count). The van der Waals surface area contributed by atoms with Crippen molar-refractivity contribution in [1.29, 1.82) is 0 Å². The number of hydrogen-bond acceptors (Lipinski definition) is 4. The zero-order chi connectivity index (χ0) is 22.2. The number of carboxylic acids is 1. The zero-order valence-electron chi connectivity index (χ0n) is 17.6. The quantitative estimate of drug-likeness (QED) is 0.505. The summed E-state index contributed by atoms with van der Waals surface area (Å²) < 4.78 is 5.48. The fraction of sp³-hybridized carbons (Fsp3) is 0.375. The van der Waals surface area contributed by atoms with Gasteiger partial charge < -0.3 is 20.5 Å². The number of alkyl carbamates (subject to hydrolysis) is 1. The molecule has 1 aliphatic rings. The largest absolute Gasteiger partial charge is 0.480 e. The third kappa shape index (κ3) is 5.84. The van der Waals surface area contributed by atoms with Crippen molar-refractivity contribution >= 4 is 18.0 Å². The maximum Gasteiger partial charge on any atom is 0.407 e. The summed E-state index contributed by atoms with van der Waals surface area (Å²) in [6.45, 7) is 2.17. The van der Waals surface area contributed by atoms with Crippen LogP contribution in [-0.4, -0.2) is 42.3 Å². The van der Waals surface area contributed by atoms with Gasteiger partial charge in [0.05, 0.1) is 0 Å². The SMILES string of the molecule is C[C@@H](NC(=O)CCCCCNC(=O)OCC1c2ccccc2-c2ccccc21)C(=O)O. The Kier molecular flexibility index (Phi) is 7.65. The fourth-order valence-electron chi connectivity index (χ4n) is 3.80. The van der Waals surface area contributed by atoms with Crippen LogP contribution >= 0.6 is 0 Å². The van der Waals surface area contributed by atoms with E-state index in [-0.39, 0.29) is 24.9 Å². The van der Waals surface area contributed by atoms with Crippen LogP contribution in [0.15, 0.2) is 48.5 Å². The summed E-state index contributed by atoms with van der Waals surface area (Å²) in [5, 5.41) is 13.9. The van der Waals surface area contributed by atoms with Crippen LogP contribution in [0.4, 0.5) is 4.79 Å². The summed E-state index contributed by atoms with van der Waals surface area (Å²) in [6, 6.07) is 15.5. The van der Waals surface area contributed by atoms with Gasteiger partial charge in [-0.25, -0.2) is 4.79 Å². The Morgan fingerprint density at radius 3 is 2.19 bits per heavy atom. The first kappa shape index (κ1) is 22.3. The molecule has 7 nitrogen and oxygen atoms in total. The molecule has 0 unspecified atom stereocenters. The van der Waals surface area contributed by atoms with Gasteiger partial charge in [0.1, 0.15) is 12.6 Å². The third-order valence-corrected chi connectivity index (χ3v) is 5.44. The van der Waals surface area contributed by atoms with Crippen LogP contribution in [0.5, 0.6) is 0 Å². The van der Waals surface area contributed by atoms with Gasteiger partial charge in [-0.15, -0.1) is 0 Å². The predicted molar refractivity (Wildman–Crippen MR) is 117 cm³/mol. The van der Waals surface area contributed by atoms with Crippen molar-refractivity contribution in [3.8, 4) is 11.1 Å². The van der Waals surface area contributed by atoms with E-state index in [1.54, 1.807) is 0 Å². The molecule has 0 saturated heterocycles. The van der Waals surface area contributed by atoms with E-state index in [9.17, 15) is 14.4 Å². The molecule has 0 fully saturated rings. The van der Waals surface area contributed by atoms with Gasteiger partial charge in [-0.3, -0.25) is 9.59 Å². The third-order valence-electron chi connectivity index (χ3n) is 5.44. The summed E-state index contributed by atoms with van der Waals surface area (Å²) in [7, 11) is 0. The van der Waals surface area contributed by atoms with Crippen molar-refractivity contribution < 1.29 is 24.2 Å². The molecule has 1 atom stereocenters. The Labute approximate surface area is 181 Å². The van der Waals surface area contributed by atoms with Crippen molar-refractivity contribution in [2.24, 2.45) is 0 Å². The molecule has 0 radical (unpaired) electrons. The van der Waals surface area contributed by atoms with E-state index >= 15 is 0 Å². The van der Waals surface area contributed by atoms with E-state index in [4.69, 9.17) is 9.84 Å². The second kappa shape index (κ2) is 10.6. The highest BCUT2D eigenvalue weighted by Gasteiger charge is 2.28. The molecule has 0 saturated carbocycles. The number of unbranched alkanes of at least 4 members (excludes halogenated alkanes) is 2. The van der Waals surface area contributed by atoms with Gasteiger partial charge in [0.25, 0.3) is 0 Å². The van der Waals surface area contributed by atoms with Crippen LogP contribution in [0.25, 0.3) is 11.1 Å². The number of benzene rings is 2. The van der Waals surface area contributed by atoms with Crippen molar-refractivity contribution in [2.45, 2.75) is 44.6 Å². The maximum absolute atomic E-state index is 12.1. The molecule has 0 bridgehead atoms. The Hall–Kier alpha value is -3.35. The first-order chi connectivity index (χ1) is 15.0. The van der Waals surface area contributed by atoms with Crippen LogP contribution in [0.2, 0.25) is 0 Å². The van der Waals surface area contributed by atoms with Gasteiger partial charge >= 0.3 is 12.1 Å². The lowest BCUT2D eigenvalue weighted by atomic mass is 9.98. The first-order valence-electron chi connectivity index (χ1n) is 10.6. The van der Waals surface area contributed by atoms with Gasteiger partial charge in [0, 0.05) is 18.9 Å². The number of carboxylic acid groups (broad SMARTS) is 1. The molecule has 2 amide bonds. The lowest BCUT2D eigenvalue weighted by Crippen LogP contribution is -2.38. The van der Waals surface area contributed by atoms with E-state index in [1.807, 2.05) is 24.3 Å². The molecular weight excluding hydrogens is 396 g/mol. The van der Waals surface area contributed by atoms with Crippen LogP contribution < -0.4 is 10.6 Å². The van der Waals surface area contributed by atoms with Crippen molar-refractivity contribution in [3.63, 3.8) is 0 Å². The maximum atomic E-state index is 12.1. The minimum absolute atomic E-state index is 0.0323. The second-order valence-electron chi connectivity index (χ2n) is 7.69. The average molecular weight is 424 g/mol. The van der Waals surface area contributed by atoms with Crippen LogP contribution in [-0.2, 0) is 14.3 Å². The van der Waals surface area contributed by atoms with Gasteiger partial charge in [0.15, 0.2) is 0 Å². The van der Waals surface area contributed by atoms with Crippen molar-refractivity contribution in [3.05, 3.63) is 59.7 Å². The average Bonchev–Trinajstić information content (AvgIpc) is 3.08. The monoisotopic (exact) mass is 424 g/mol. The molecular formula is C24H28N2O5. The number of carbonyl (C=O) groups is 3. The van der Waals surface area contributed by atoms with Crippen molar-refractivity contribution in [1.82, 2.24) is 10.6 Å². The van der Waals surface area contributed by atoms with Gasteiger partial charge in [-0.2, -0.15) is 0 Å². The van der Waals surface area contributed by atoms with E-state index in [2.05, 4.69) is 34.9 Å². The number of rotatable bonds is 10. The standard InChI is InChI=1S/C24H28N2O5/c1-16(23(28)29)26-22(27)13-3-2-8-14-25-24(30)31-15-21-19-11-6-4-9-17(19)18-10-5-7-12-20(18)21/h4-7,9-12,16,21H,2-3,8,13-15H2,1H3,(H,25,30)(H,26,27)(H,28,29)/t16-/m1/s1. The molecule has 31 heavy (non-hydrogen) atoms. The summed E-state index contributed by atoms with van der Waals surface area (Å²) in [5.74, 6) is -1.30. The number of hydrogen-bond donors (Lipinski definition) is 3. The second-order valence-corrected chi connectivity index (χ2v) is 7.69. The van der Waals surface area contributed by atoms with Gasteiger partial charge in [0.2, 0.25) is 5.91 Å². The molecule has 1 aliphatic carbocycles. The molecule has 0 aliphatic heterocycles. The molecule has 7 heteroatoms. The normalized spacial score (nSPS) is 13.1. The Morgan fingerprint density at radius 2 is 1.58 bits per heavy atom. The highest BCUT2D eigenvalue weighted by molar-refractivity contribution is 5.83. The molecule has 2 aromatic carbocycles. The molecule has 3 N–H and O–H groups in total. The van der Waals surface area contributed by atoms with E-state index in [1.165, 1.54) is 29.2 Å². The highest BCUT2D eigenvalue weighted by Crippen LogP contribution is 2.44. The number of nitrogens with one attached hydrogen (secondary N) is 2. The first-order valence-corrected chi connectivity index (χ1v) is 10.6. The number of carbonyl (C=O) groups excluding carboxylic acids is 2. The highest BCUT2D eigenvalue weighted by atomic mass is 16.5. The molecule has 0 spiro atoms. The van der Waals surface area contributed by atoms with Gasteiger partial charge in [-0.05, 0) is 42.0 Å². The summed E-state index contributed by atoms with van der Waals surface area (Å²) in [6.07, 6.45) is 1.91. The van der Waals surface area contributed by atoms with Crippen molar-refractivity contribution in [2.75, 3.05) is 13.2 Å². The zero-order valence-corrected chi connectivity index (χ0v) is 17.6. The minimum atomic E-state index is -1.05. The lowest BCUT2D eigenvalue weighted by molar-refractivity contribution is -0.141. The Morgan fingerprint density at radius 1 is 0.968 bits per heavy atom. The molecule has 164 valence electrons. The Balaban J connectivity index is 1.35. The minimum Gasteiger partial charge on any atom is -0.480 e. The molecule has 0 aromatic heterocycles. The topological polar surface area (TPSA) is 105 Å². The van der Waals surface area contributed by atoms with Crippen LogP contribution in [0.3, 0.4) is 0 Å². The van der Waals surface area contributed by atoms with E-state index < -0.39 is 18.1 Å². The van der Waals surface area contributed by atoms with Gasteiger partial charge in [-0.1, -0.05) is 55.0 Å². The summed E-state index contributed by atoms with van der Waals surface area (Å²) in [4.78, 5) is 34.4. The predicted octanol–water partition coefficient (Wildman–Crippen LogP) is 3.67. The number of fused-ring (bicyclic) bond motifs is 3. The summed E-state index contributed by atoms with van der Waals surface area (Å²) in [5.41, 5.74) is 4.72. The fourth-order valence-corrected chi connectivity index (χ4v) is 3.80. The molecule has 2 aromatic rings. The summed E-state index contributed by atoms with van der Waals surface area (Å²) >= 11 is 0. The van der Waals surface area contributed by atoms with Crippen LogP contribution in [0.1, 0.15) is 49.7 Å². The lowest BCUT2D eigenvalue weighted by Gasteiger charge is -2.14. The molecule has 0 heterocycles. The van der Waals surface area contributed by atoms with E-state index in [0.29, 0.717) is 19.4 Å². The Bertz CT molecular complexity index is 898.